The number of aromatic nitrogens is 1. The van der Waals surface area contributed by atoms with Crippen molar-refractivity contribution in [1.29, 1.82) is 0 Å². The third kappa shape index (κ3) is 8.41. The molecule has 3 heterocycles. The smallest absolute Gasteiger partial charge is 0.306 e. The van der Waals surface area contributed by atoms with Crippen LogP contribution in [-0.4, -0.2) is 57.6 Å². The summed E-state index contributed by atoms with van der Waals surface area (Å²) >= 11 is 1.66. The number of rotatable bonds is 11. The van der Waals surface area contributed by atoms with Gasteiger partial charge in [-0.15, -0.1) is 11.8 Å². The van der Waals surface area contributed by atoms with Crippen molar-refractivity contribution in [2.45, 2.75) is 81.5 Å². The molecule has 0 aliphatic carbocycles. The van der Waals surface area contributed by atoms with E-state index in [0.29, 0.717) is 29.6 Å². The van der Waals surface area contributed by atoms with Gasteiger partial charge >= 0.3 is 5.97 Å². The molecule has 10 nitrogen and oxygen atoms in total. The van der Waals surface area contributed by atoms with E-state index in [1.807, 2.05) is 17.0 Å². The number of piperidine rings is 1. The molecule has 1 saturated heterocycles. The Morgan fingerprint density at radius 1 is 1.15 bits per heavy atom. The number of ether oxygens (including phenoxy) is 2. The molecular weight excluding hydrogens is 640 g/mol. The molecule has 0 unspecified atom stereocenters. The zero-order valence-electron chi connectivity index (χ0n) is 27.0. The first kappa shape index (κ1) is 34.6. The second-order valence-corrected chi connectivity index (χ2v) is 14.1. The van der Waals surface area contributed by atoms with E-state index in [2.05, 4.69) is 9.83 Å². The second-order valence-electron chi connectivity index (χ2n) is 12.8. The van der Waals surface area contributed by atoms with Crippen molar-refractivity contribution in [2.24, 2.45) is 5.73 Å². The summed E-state index contributed by atoms with van der Waals surface area (Å²) in [6.45, 7) is 13.7. The van der Waals surface area contributed by atoms with Crippen molar-refractivity contribution in [3.8, 4) is 5.75 Å². The third-order valence-corrected chi connectivity index (χ3v) is 9.35. The van der Waals surface area contributed by atoms with Crippen LogP contribution in [-0.2, 0) is 27.5 Å². The van der Waals surface area contributed by atoms with Crippen LogP contribution in [0.15, 0.2) is 53.7 Å². The Bertz CT molecular complexity index is 1730. The quantitative estimate of drug-likeness (QED) is 0.189. The Morgan fingerprint density at radius 3 is 2.52 bits per heavy atom. The number of nitrogens with zero attached hydrogens (tertiary/aromatic N) is 4. The van der Waals surface area contributed by atoms with Crippen molar-refractivity contribution in [3.05, 3.63) is 88.4 Å². The molecule has 1 atom stereocenters. The molecule has 0 bridgehead atoms. The predicted octanol–water partition coefficient (Wildman–Crippen LogP) is 6.18. The van der Waals surface area contributed by atoms with E-state index in [1.165, 1.54) is 17.0 Å². The van der Waals surface area contributed by atoms with Gasteiger partial charge in [-0.25, -0.2) is 18.6 Å². The summed E-state index contributed by atoms with van der Waals surface area (Å²) in [7, 11) is 0. The van der Waals surface area contributed by atoms with Gasteiger partial charge in [0.25, 0.3) is 5.91 Å². The summed E-state index contributed by atoms with van der Waals surface area (Å²) in [5, 5.41) is 1.15. The second kappa shape index (κ2) is 14.6. The van der Waals surface area contributed by atoms with Gasteiger partial charge < -0.3 is 25.0 Å². The van der Waals surface area contributed by atoms with Gasteiger partial charge in [-0.1, -0.05) is 12.1 Å². The average Bonchev–Trinajstić information content (AvgIpc) is 3.35. The Balaban J connectivity index is 1.16. The number of anilines is 1. The lowest BCUT2D eigenvalue weighted by Gasteiger charge is -2.33. The number of esters is 1. The first-order valence-corrected chi connectivity index (χ1v) is 16.5. The Hall–Kier alpha value is -4.70. The number of thioether (sulfide) groups is 1. The standard InChI is InChI=1S/C35H37F2N5O5S/c1-35(2,3)47-32(43)10-8-29(33(38)44)42-19-26-25(34(42)45)15-22(36)16-30(26)46-20-21-5-9-31(40-18-21)48-24-11-13-41(14-12-24)28-7-6-23(39-4)17-27(28)37/h5-7,9,15-18,24,29H,8,10-14,19-20H2,1-3H3,(H2,38,44)/t29-/m0/s1. The van der Waals surface area contributed by atoms with Gasteiger partial charge in [0.1, 0.15) is 35.6 Å². The number of carbonyl (C=O) groups is 3. The molecule has 2 N–H and O–H groups in total. The highest BCUT2D eigenvalue weighted by Gasteiger charge is 2.38. The molecule has 1 fully saturated rings. The molecule has 0 spiro atoms. The highest BCUT2D eigenvalue weighted by atomic mass is 32.2. The van der Waals surface area contributed by atoms with Gasteiger partial charge in [0.2, 0.25) is 5.91 Å². The summed E-state index contributed by atoms with van der Waals surface area (Å²) < 4.78 is 40.4. The fourth-order valence-electron chi connectivity index (χ4n) is 5.78. The van der Waals surface area contributed by atoms with E-state index in [1.54, 1.807) is 50.9 Å². The number of benzene rings is 2. The highest BCUT2D eigenvalue weighted by molar-refractivity contribution is 7.99. The monoisotopic (exact) mass is 677 g/mol. The lowest BCUT2D eigenvalue weighted by molar-refractivity contribution is -0.155. The number of primary amides is 1. The molecule has 2 aliphatic rings. The number of carbonyl (C=O) groups excluding carboxylic acids is 3. The van der Waals surface area contributed by atoms with E-state index in [0.717, 1.165) is 29.5 Å². The van der Waals surface area contributed by atoms with Crippen LogP contribution >= 0.6 is 11.8 Å². The molecule has 48 heavy (non-hydrogen) atoms. The molecule has 2 aliphatic heterocycles. The zero-order chi connectivity index (χ0) is 34.6. The lowest BCUT2D eigenvalue weighted by atomic mass is 10.1. The maximum Gasteiger partial charge on any atom is 0.306 e. The normalized spacial score (nSPS) is 15.5. The fraction of sp³-hybridized carbons (Fsp3) is 0.400. The Kier molecular flexibility index (Phi) is 10.5. The molecule has 5 rings (SSSR count). The predicted molar refractivity (Wildman–Crippen MR) is 177 cm³/mol. The Morgan fingerprint density at radius 2 is 1.90 bits per heavy atom. The van der Waals surface area contributed by atoms with Crippen LogP contribution in [0, 0.1) is 18.2 Å². The van der Waals surface area contributed by atoms with Gasteiger partial charge in [-0.3, -0.25) is 14.4 Å². The van der Waals surface area contributed by atoms with Crippen LogP contribution in [0.4, 0.5) is 20.2 Å². The zero-order valence-corrected chi connectivity index (χ0v) is 27.8. The Labute approximate surface area is 282 Å². The number of hydrogen-bond acceptors (Lipinski definition) is 8. The summed E-state index contributed by atoms with van der Waals surface area (Å²) in [5.41, 5.74) is 6.96. The average molecular weight is 678 g/mol. The van der Waals surface area contributed by atoms with Crippen LogP contribution in [0.3, 0.4) is 0 Å². The minimum atomic E-state index is -1.09. The minimum absolute atomic E-state index is 0.0305. The van der Waals surface area contributed by atoms with E-state index < -0.39 is 35.2 Å². The first-order valence-electron chi connectivity index (χ1n) is 15.6. The summed E-state index contributed by atoms with van der Waals surface area (Å²) in [5.74, 6) is -2.75. The van der Waals surface area contributed by atoms with E-state index in [-0.39, 0.29) is 48.8 Å². The van der Waals surface area contributed by atoms with E-state index in [9.17, 15) is 23.2 Å². The van der Waals surface area contributed by atoms with Gasteiger partial charge in [-0.05, 0) is 64.3 Å². The number of nitrogens with two attached hydrogens (primary N) is 1. The molecule has 252 valence electrons. The van der Waals surface area contributed by atoms with E-state index >= 15 is 0 Å². The van der Waals surface area contributed by atoms with Crippen molar-refractivity contribution in [2.75, 3.05) is 18.0 Å². The van der Waals surface area contributed by atoms with Crippen LogP contribution in [0.1, 0.15) is 67.9 Å². The van der Waals surface area contributed by atoms with Crippen molar-refractivity contribution >= 4 is 40.9 Å². The van der Waals surface area contributed by atoms with Crippen molar-refractivity contribution < 1.29 is 32.6 Å². The summed E-state index contributed by atoms with van der Waals surface area (Å²) in [6.07, 6.45) is 3.22. The number of fused-ring (bicyclic) bond motifs is 1. The van der Waals surface area contributed by atoms with Gasteiger partial charge in [0, 0.05) is 48.2 Å². The third-order valence-electron chi connectivity index (χ3n) is 8.06. The number of hydrogen-bond donors (Lipinski definition) is 1. The molecule has 3 aromatic rings. The molecule has 2 aromatic carbocycles. The van der Waals surface area contributed by atoms with Crippen LogP contribution < -0.4 is 15.4 Å². The first-order chi connectivity index (χ1) is 22.8. The van der Waals surface area contributed by atoms with Crippen LogP contribution in [0.25, 0.3) is 4.85 Å². The molecule has 0 radical (unpaired) electrons. The summed E-state index contributed by atoms with van der Waals surface area (Å²) in [4.78, 5) is 48.9. The van der Waals surface area contributed by atoms with Crippen molar-refractivity contribution in [1.82, 2.24) is 9.88 Å². The molecule has 1 aromatic heterocycles. The number of amides is 2. The number of halogens is 2. The highest BCUT2D eigenvalue weighted by Crippen LogP contribution is 2.36. The maximum absolute atomic E-state index is 14.6. The number of pyridine rings is 1. The maximum atomic E-state index is 14.6. The lowest BCUT2D eigenvalue weighted by Crippen LogP contribution is -2.45. The van der Waals surface area contributed by atoms with E-state index in [4.69, 9.17) is 21.8 Å². The topological polar surface area (TPSA) is 119 Å². The van der Waals surface area contributed by atoms with Crippen LogP contribution in [0.5, 0.6) is 5.75 Å². The van der Waals surface area contributed by atoms with Crippen molar-refractivity contribution in [3.63, 3.8) is 0 Å². The molecular formula is C35H37F2N5O5S. The SMILES string of the molecule is [C-]#[N+]c1ccc(N2CCC(Sc3ccc(COc4cc(F)cc5c4CN([C@@H](CCC(=O)OC(C)(C)C)C(N)=O)C5=O)cn3)CC2)c(F)c1. The summed E-state index contributed by atoms with van der Waals surface area (Å²) in [6, 6.07) is 9.54. The molecule has 13 heteroatoms. The van der Waals surface area contributed by atoms with Gasteiger partial charge in [-0.2, -0.15) is 0 Å². The fourth-order valence-corrected chi connectivity index (χ4v) is 6.82. The van der Waals surface area contributed by atoms with Gasteiger partial charge in [0.05, 0.1) is 29.4 Å². The molecule has 2 amide bonds. The van der Waals surface area contributed by atoms with Gasteiger partial charge in [0.15, 0.2) is 5.69 Å². The largest absolute Gasteiger partial charge is 0.488 e. The molecule has 0 saturated carbocycles. The minimum Gasteiger partial charge on any atom is -0.488 e. The van der Waals surface area contributed by atoms with Crippen LogP contribution in [0.2, 0.25) is 0 Å².